The molecule has 0 aliphatic heterocycles. The van der Waals surface area contributed by atoms with Crippen LogP contribution in [-0.4, -0.2) is 9.97 Å². The first kappa shape index (κ1) is 18.4. The lowest BCUT2D eigenvalue weighted by atomic mass is 10.0. The molecule has 0 spiro atoms. The van der Waals surface area contributed by atoms with Crippen LogP contribution in [0.3, 0.4) is 0 Å². The van der Waals surface area contributed by atoms with Crippen molar-refractivity contribution in [3.63, 3.8) is 0 Å². The Kier molecular flexibility index (Phi) is 4.37. The van der Waals surface area contributed by atoms with E-state index in [-0.39, 0.29) is 0 Å². The Balaban J connectivity index is 1.56. The summed E-state index contributed by atoms with van der Waals surface area (Å²) in [6.45, 7) is 0. The van der Waals surface area contributed by atoms with Crippen molar-refractivity contribution in [2.75, 3.05) is 0 Å². The van der Waals surface area contributed by atoms with E-state index in [1.165, 1.54) is 20.2 Å². The van der Waals surface area contributed by atoms with Crippen LogP contribution in [0.2, 0.25) is 5.02 Å². The Morgan fingerprint density at radius 2 is 1.35 bits per heavy atom. The molecular weight excluding hydrogens is 420 g/mol. The molecule has 0 atom stereocenters. The number of hydrogen-bond donors (Lipinski definition) is 1. The van der Waals surface area contributed by atoms with Gasteiger partial charge in [-0.15, -0.1) is 11.3 Å². The van der Waals surface area contributed by atoms with Crippen molar-refractivity contribution in [3.05, 3.63) is 102 Å². The molecule has 0 radical (unpaired) electrons. The Labute approximate surface area is 188 Å². The van der Waals surface area contributed by atoms with Crippen LogP contribution in [0.5, 0.6) is 0 Å². The zero-order valence-electron chi connectivity index (χ0n) is 16.5. The molecular formula is C27H17ClN2S. The molecule has 0 unspecified atom stereocenters. The molecule has 31 heavy (non-hydrogen) atoms. The average molecular weight is 437 g/mol. The second-order valence-corrected chi connectivity index (χ2v) is 9.01. The van der Waals surface area contributed by atoms with Crippen molar-refractivity contribution in [2.24, 2.45) is 0 Å². The monoisotopic (exact) mass is 436 g/mol. The van der Waals surface area contributed by atoms with Crippen molar-refractivity contribution >= 4 is 43.1 Å². The number of rotatable bonds is 3. The molecule has 2 nitrogen and oxygen atoms in total. The quantitative estimate of drug-likeness (QED) is 0.296. The lowest BCUT2D eigenvalue weighted by Crippen LogP contribution is -1.83. The summed E-state index contributed by atoms with van der Waals surface area (Å²) in [5.41, 5.74) is 5.20. The van der Waals surface area contributed by atoms with Crippen LogP contribution in [-0.2, 0) is 0 Å². The summed E-state index contributed by atoms with van der Waals surface area (Å²) >= 11 is 7.91. The maximum absolute atomic E-state index is 6.09. The first-order valence-corrected chi connectivity index (χ1v) is 11.3. The van der Waals surface area contributed by atoms with Crippen LogP contribution >= 0.6 is 22.9 Å². The average Bonchev–Trinajstić information content (AvgIpc) is 3.42. The van der Waals surface area contributed by atoms with Gasteiger partial charge in [-0.25, -0.2) is 4.98 Å². The highest BCUT2D eigenvalue weighted by Gasteiger charge is 2.16. The minimum atomic E-state index is 0.717. The van der Waals surface area contributed by atoms with E-state index < -0.39 is 0 Å². The van der Waals surface area contributed by atoms with Crippen LogP contribution in [0.25, 0.3) is 54.1 Å². The van der Waals surface area contributed by atoms with Crippen molar-refractivity contribution in [3.8, 4) is 33.9 Å². The predicted octanol–water partition coefficient (Wildman–Crippen LogP) is 8.43. The van der Waals surface area contributed by atoms with Crippen molar-refractivity contribution in [2.45, 2.75) is 0 Å². The molecule has 1 N–H and O–H groups in total. The van der Waals surface area contributed by atoms with Gasteiger partial charge in [-0.2, -0.15) is 0 Å². The van der Waals surface area contributed by atoms with E-state index in [1.807, 2.05) is 41.7 Å². The van der Waals surface area contributed by atoms with E-state index >= 15 is 0 Å². The van der Waals surface area contributed by atoms with Crippen LogP contribution < -0.4 is 0 Å². The number of benzene rings is 4. The third-order valence-corrected chi connectivity index (χ3v) is 6.92. The molecule has 0 saturated carbocycles. The lowest BCUT2D eigenvalue weighted by Gasteiger charge is -2.03. The fourth-order valence-corrected chi connectivity index (χ4v) is 5.28. The molecule has 0 fully saturated rings. The van der Waals surface area contributed by atoms with Gasteiger partial charge in [-0.1, -0.05) is 72.3 Å². The van der Waals surface area contributed by atoms with Gasteiger partial charge in [0.05, 0.1) is 11.4 Å². The van der Waals surface area contributed by atoms with Gasteiger partial charge in [0.25, 0.3) is 0 Å². The Morgan fingerprint density at radius 1 is 0.645 bits per heavy atom. The number of nitrogens with zero attached hydrogens (tertiary/aromatic N) is 1. The van der Waals surface area contributed by atoms with Gasteiger partial charge >= 0.3 is 0 Å². The first-order valence-electron chi connectivity index (χ1n) is 10.1. The summed E-state index contributed by atoms with van der Waals surface area (Å²) in [7, 11) is 0. The number of H-pyrrole nitrogens is 1. The van der Waals surface area contributed by atoms with Crippen molar-refractivity contribution in [1.29, 1.82) is 0 Å². The normalized spacial score (nSPS) is 11.4. The van der Waals surface area contributed by atoms with E-state index in [9.17, 15) is 0 Å². The number of imidazole rings is 1. The van der Waals surface area contributed by atoms with Gasteiger partial charge in [0, 0.05) is 41.9 Å². The summed E-state index contributed by atoms with van der Waals surface area (Å²) in [6, 6.07) is 33.4. The van der Waals surface area contributed by atoms with Gasteiger partial charge in [0.15, 0.2) is 0 Å². The predicted molar refractivity (Wildman–Crippen MR) is 133 cm³/mol. The number of hydrogen-bond acceptors (Lipinski definition) is 2. The van der Waals surface area contributed by atoms with Gasteiger partial charge < -0.3 is 4.98 Å². The SMILES string of the molecule is Clc1ccc(-c2nc(-c3ccc4c(c3)sc3ccccc34)c(-c3ccccc3)[nH]2)cc1. The van der Waals surface area contributed by atoms with Crippen LogP contribution in [0.1, 0.15) is 0 Å². The van der Waals surface area contributed by atoms with Crippen LogP contribution in [0.4, 0.5) is 0 Å². The topological polar surface area (TPSA) is 28.7 Å². The molecule has 2 aromatic heterocycles. The molecule has 0 amide bonds. The van der Waals surface area contributed by atoms with Crippen LogP contribution in [0.15, 0.2) is 97.1 Å². The molecule has 4 heteroatoms. The van der Waals surface area contributed by atoms with Gasteiger partial charge in [-0.3, -0.25) is 0 Å². The molecule has 0 bridgehead atoms. The van der Waals surface area contributed by atoms with E-state index in [1.54, 1.807) is 0 Å². The number of nitrogens with one attached hydrogen (secondary N) is 1. The third kappa shape index (κ3) is 3.23. The number of aromatic amines is 1. The van der Waals surface area contributed by atoms with Gasteiger partial charge in [0.1, 0.15) is 5.82 Å². The van der Waals surface area contributed by atoms with E-state index in [0.717, 1.165) is 33.9 Å². The Hall–Kier alpha value is -3.40. The zero-order chi connectivity index (χ0) is 20.8. The maximum Gasteiger partial charge on any atom is 0.138 e. The second-order valence-electron chi connectivity index (χ2n) is 7.49. The van der Waals surface area contributed by atoms with Gasteiger partial charge in [-0.05, 0) is 36.4 Å². The molecule has 0 aliphatic rings. The van der Waals surface area contributed by atoms with Gasteiger partial charge in [0.2, 0.25) is 0 Å². The summed E-state index contributed by atoms with van der Waals surface area (Å²) in [5.74, 6) is 0.835. The summed E-state index contributed by atoms with van der Waals surface area (Å²) < 4.78 is 2.58. The molecule has 4 aromatic carbocycles. The van der Waals surface area contributed by atoms with E-state index in [4.69, 9.17) is 16.6 Å². The standard InChI is InChI=1S/C27H17ClN2S/c28-20-13-10-18(11-14-20)27-29-25(17-6-2-1-3-7-17)26(30-27)19-12-15-22-21-8-4-5-9-23(21)31-24(22)16-19/h1-16H,(H,29,30). The molecule has 148 valence electrons. The summed E-state index contributed by atoms with van der Waals surface area (Å²) in [5, 5.41) is 3.31. The lowest BCUT2D eigenvalue weighted by molar-refractivity contribution is 1.31. The molecule has 0 saturated heterocycles. The van der Waals surface area contributed by atoms with E-state index in [2.05, 4.69) is 71.7 Å². The largest absolute Gasteiger partial charge is 0.337 e. The highest BCUT2D eigenvalue weighted by atomic mass is 35.5. The van der Waals surface area contributed by atoms with Crippen molar-refractivity contribution in [1.82, 2.24) is 9.97 Å². The molecule has 6 aromatic rings. The number of halogens is 1. The van der Waals surface area contributed by atoms with E-state index in [0.29, 0.717) is 5.02 Å². The minimum Gasteiger partial charge on any atom is -0.337 e. The Morgan fingerprint density at radius 3 is 2.19 bits per heavy atom. The molecule has 0 aliphatic carbocycles. The maximum atomic E-state index is 6.09. The highest BCUT2D eigenvalue weighted by molar-refractivity contribution is 7.25. The van der Waals surface area contributed by atoms with Crippen LogP contribution in [0, 0.1) is 0 Å². The fourth-order valence-electron chi connectivity index (χ4n) is 4.01. The number of fused-ring (bicyclic) bond motifs is 3. The number of aromatic nitrogens is 2. The summed E-state index contributed by atoms with van der Waals surface area (Å²) in [4.78, 5) is 8.58. The summed E-state index contributed by atoms with van der Waals surface area (Å²) in [6.07, 6.45) is 0. The third-order valence-electron chi connectivity index (χ3n) is 5.54. The smallest absolute Gasteiger partial charge is 0.138 e. The first-order chi connectivity index (χ1) is 15.3. The molecule has 6 rings (SSSR count). The molecule has 2 heterocycles. The zero-order valence-corrected chi connectivity index (χ0v) is 18.0. The minimum absolute atomic E-state index is 0.717. The Bertz CT molecular complexity index is 1530. The highest BCUT2D eigenvalue weighted by Crippen LogP contribution is 2.39. The second kappa shape index (κ2) is 7.38. The fraction of sp³-hybridized carbons (Fsp3) is 0. The number of thiophene rings is 1. The van der Waals surface area contributed by atoms with Crippen molar-refractivity contribution < 1.29 is 0 Å².